The zero-order chi connectivity index (χ0) is 14.9. The van der Waals surface area contributed by atoms with Gasteiger partial charge in [-0.1, -0.05) is 23.2 Å². The summed E-state index contributed by atoms with van der Waals surface area (Å²) in [5.74, 6) is -0.738. The van der Waals surface area contributed by atoms with Gasteiger partial charge < -0.3 is 0 Å². The molecular weight excluding hydrogens is 323 g/mol. The van der Waals surface area contributed by atoms with Gasteiger partial charge in [0.05, 0.1) is 11.4 Å². The van der Waals surface area contributed by atoms with Crippen LogP contribution in [0.25, 0.3) is 0 Å². The van der Waals surface area contributed by atoms with E-state index >= 15 is 0 Å². The minimum atomic E-state index is -0.674. The lowest BCUT2D eigenvalue weighted by Gasteiger charge is -2.16. The molecule has 4 amide bonds. The Kier molecular flexibility index (Phi) is 4.57. The highest BCUT2D eigenvalue weighted by Crippen LogP contribution is 2.28. The van der Waals surface area contributed by atoms with E-state index in [1.807, 2.05) is 0 Å². The molecule has 5 nitrogen and oxygen atoms in total. The van der Waals surface area contributed by atoms with Gasteiger partial charge >= 0.3 is 6.03 Å². The first kappa shape index (κ1) is 15.2. The van der Waals surface area contributed by atoms with Gasteiger partial charge in [-0.25, -0.2) is 9.69 Å². The van der Waals surface area contributed by atoms with Crippen molar-refractivity contribution in [1.29, 1.82) is 0 Å². The first-order valence-corrected chi connectivity index (χ1v) is 7.71. The standard InChI is InChI=1S/C12H10Cl2N2O3S/c1-20-6-11(18)15-5-10(17)16(12(15)19)9-3-7(13)2-8(14)4-9/h2-4H,5-6H2,1H3. The van der Waals surface area contributed by atoms with Crippen molar-refractivity contribution in [3.63, 3.8) is 0 Å². The average molecular weight is 333 g/mol. The summed E-state index contributed by atoms with van der Waals surface area (Å²) in [6, 6.07) is 3.72. The van der Waals surface area contributed by atoms with Crippen molar-refractivity contribution in [2.24, 2.45) is 0 Å². The second-order valence-corrected chi connectivity index (χ2v) is 5.79. The maximum absolute atomic E-state index is 12.2. The summed E-state index contributed by atoms with van der Waals surface area (Å²) >= 11 is 13.0. The third-order valence-corrected chi connectivity index (χ3v) is 3.61. The molecule has 106 valence electrons. The summed E-state index contributed by atoms with van der Waals surface area (Å²) in [7, 11) is 0. The van der Waals surface area contributed by atoms with Crippen LogP contribution in [0.5, 0.6) is 0 Å². The molecule has 8 heteroatoms. The van der Waals surface area contributed by atoms with E-state index in [1.54, 1.807) is 6.26 Å². The quantitative estimate of drug-likeness (QED) is 0.798. The van der Waals surface area contributed by atoms with Gasteiger partial charge in [0, 0.05) is 10.0 Å². The molecule has 1 fully saturated rings. The number of amides is 4. The van der Waals surface area contributed by atoms with Crippen molar-refractivity contribution in [3.05, 3.63) is 28.2 Å². The van der Waals surface area contributed by atoms with Crippen LogP contribution in [0, 0.1) is 0 Å². The summed E-state index contributed by atoms with van der Waals surface area (Å²) in [6.45, 7) is -0.262. The molecular formula is C12H10Cl2N2O3S. The number of imide groups is 2. The molecule has 2 rings (SSSR count). The number of halogens is 2. The lowest BCUT2D eigenvalue weighted by molar-refractivity contribution is -0.127. The normalized spacial score (nSPS) is 15.2. The van der Waals surface area contributed by atoms with Crippen molar-refractivity contribution in [1.82, 2.24) is 4.90 Å². The summed E-state index contributed by atoms with van der Waals surface area (Å²) in [5, 5.41) is 0.615. The van der Waals surface area contributed by atoms with Gasteiger partial charge in [-0.05, 0) is 24.5 Å². The summed E-state index contributed by atoms with van der Waals surface area (Å²) < 4.78 is 0. The molecule has 0 aromatic heterocycles. The van der Waals surface area contributed by atoms with E-state index < -0.39 is 17.8 Å². The van der Waals surface area contributed by atoms with Crippen molar-refractivity contribution in [2.45, 2.75) is 0 Å². The van der Waals surface area contributed by atoms with E-state index in [4.69, 9.17) is 23.2 Å². The van der Waals surface area contributed by atoms with Gasteiger partial charge in [0.1, 0.15) is 6.54 Å². The Hall–Kier alpha value is -1.24. The Balaban J connectivity index is 2.31. The van der Waals surface area contributed by atoms with E-state index in [2.05, 4.69) is 0 Å². The lowest BCUT2D eigenvalue weighted by atomic mass is 10.3. The lowest BCUT2D eigenvalue weighted by Crippen LogP contribution is -2.37. The second kappa shape index (κ2) is 6.03. The SMILES string of the molecule is CSCC(=O)N1CC(=O)N(c2cc(Cl)cc(Cl)c2)C1=O. The molecule has 0 saturated carbocycles. The Labute approximate surface area is 129 Å². The predicted molar refractivity (Wildman–Crippen MR) is 79.4 cm³/mol. The molecule has 0 atom stereocenters. The Bertz CT molecular complexity index is 574. The molecule has 1 heterocycles. The van der Waals surface area contributed by atoms with Crippen molar-refractivity contribution >= 4 is 58.5 Å². The van der Waals surface area contributed by atoms with Crippen LogP contribution in [0.4, 0.5) is 10.5 Å². The fourth-order valence-corrected chi connectivity index (χ4v) is 2.74. The van der Waals surface area contributed by atoms with Crippen LogP contribution in [0.3, 0.4) is 0 Å². The molecule has 1 aromatic rings. The Morgan fingerprint density at radius 2 is 1.85 bits per heavy atom. The molecule has 0 unspecified atom stereocenters. The predicted octanol–water partition coefficient (Wildman–Crippen LogP) is 2.65. The monoisotopic (exact) mass is 332 g/mol. The van der Waals surface area contributed by atoms with E-state index in [9.17, 15) is 14.4 Å². The molecule has 1 aliphatic rings. The van der Waals surface area contributed by atoms with Crippen molar-refractivity contribution in [2.75, 3.05) is 23.5 Å². The van der Waals surface area contributed by atoms with E-state index in [-0.39, 0.29) is 18.0 Å². The van der Waals surface area contributed by atoms with Gasteiger partial charge in [-0.3, -0.25) is 14.5 Å². The van der Waals surface area contributed by atoms with Crippen LogP contribution >= 0.6 is 35.0 Å². The summed E-state index contributed by atoms with van der Waals surface area (Å²) in [5.41, 5.74) is 0.261. The van der Waals surface area contributed by atoms with Gasteiger partial charge in [-0.15, -0.1) is 0 Å². The van der Waals surface area contributed by atoms with Crippen LogP contribution in [-0.2, 0) is 9.59 Å². The number of carbonyl (C=O) groups is 3. The minimum Gasteiger partial charge on any atom is -0.273 e. The summed E-state index contributed by atoms with van der Waals surface area (Å²) in [6.07, 6.45) is 1.74. The maximum Gasteiger partial charge on any atom is 0.338 e. The van der Waals surface area contributed by atoms with Crippen LogP contribution in [0.15, 0.2) is 18.2 Å². The van der Waals surface area contributed by atoms with Gasteiger partial charge in [0.15, 0.2) is 0 Å². The van der Waals surface area contributed by atoms with Crippen LogP contribution in [0.1, 0.15) is 0 Å². The highest BCUT2D eigenvalue weighted by molar-refractivity contribution is 7.99. The average Bonchev–Trinajstić information content (AvgIpc) is 2.64. The molecule has 0 aliphatic carbocycles. The zero-order valence-electron chi connectivity index (χ0n) is 10.4. The number of anilines is 1. The molecule has 0 bridgehead atoms. The molecule has 1 aromatic carbocycles. The number of hydrogen-bond donors (Lipinski definition) is 0. The number of hydrogen-bond acceptors (Lipinski definition) is 4. The van der Waals surface area contributed by atoms with Crippen molar-refractivity contribution in [3.8, 4) is 0 Å². The van der Waals surface area contributed by atoms with Crippen LogP contribution < -0.4 is 4.90 Å². The first-order chi connectivity index (χ1) is 9.43. The van der Waals surface area contributed by atoms with E-state index in [0.717, 1.165) is 9.80 Å². The largest absolute Gasteiger partial charge is 0.338 e. The fraction of sp³-hybridized carbons (Fsp3) is 0.250. The zero-order valence-corrected chi connectivity index (χ0v) is 12.8. The third kappa shape index (κ3) is 2.92. The topological polar surface area (TPSA) is 57.7 Å². The minimum absolute atomic E-state index is 0.142. The van der Waals surface area contributed by atoms with E-state index in [0.29, 0.717) is 10.0 Å². The van der Waals surface area contributed by atoms with Crippen molar-refractivity contribution < 1.29 is 14.4 Å². The van der Waals surface area contributed by atoms with Gasteiger partial charge in [0.2, 0.25) is 5.91 Å². The second-order valence-electron chi connectivity index (χ2n) is 4.05. The van der Waals surface area contributed by atoms with E-state index in [1.165, 1.54) is 30.0 Å². The molecule has 1 aliphatic heterocycles. The van der Waals surface area contributed by atoms with Crippen LogP contribution in [-0.4, -0.2) is 41.3 Å². The first-order valence-electron chi connectivity index (χ1n) is 5.56. The molecule has 0 N–H and O–H groups in total. The number of nitrogens with zero attached hydrogens (tertiary/aromatic N) is 2. The molecule has 1 saturated heterocycles. The fourth-order valence-electron chi connectivity index (χ4n) is 1.82. The number of rotatable bonds is 3. The van der Waals surface area contributed by atoms with Crippen LogP contribution in [0.2, 0.25) is 10.0 Å². The third-order valence-electron chi connectivity index (χ3n) is 2.64. The highest BCUT2D eigenvalue weighted by atomic mass is 35.5. The maximum atomic E-state index is 12.2. The Morgan fingerprint density at radius 1 is 1.25 bits per heavy atom. The Morgan fingerprint density at radius 3 is 2.40 bits per heavy atom. The number of carbonyl (C=O) groups excluding carboxylic acids is 3. The summed E-state index contributed by atoms with van der Waals surface area (Å²) in [4.78, 5) is 37.7. The smallest absolute Gasteiger partial charge is 0.273 e. The number of benzene rings is 1. The molecule has 20 heavy (non-hydrogen) atoms. The number of urea groups is 1. The molecule has 0 radical (unpaired) electrons. The highest BCUT2D eigenvalue weighted by Gasteiger charge is 2.40. The van der Waals surface area contributed by atoms with Gasteiger partial charge in [-0.2, -0.15) is 11.8 Å². The number of thioether (sulfide) groups is 1. The molecule has 0 spiro atoms. The van der Waals surface area contributed by atoms with Gasteiger partial charge in [0.25, 0.3) is 5.91 Å².